The van der Waals surface area contributed by atoms with E-state index in [1.807, 2.05) is 238 Å². The number of amides is 3. The van der Waals surface area contributed by atoms with Crippen molar-refractivity contribution in [1.82, 2.24) is 77.0 Å². The lowest BCUT2D eigenvalue weighted by molar-refractivity contribution is -0.150. The third kappa shape index (κ3) is 24.6. The summed E-state index contributed by atoms with van der Waals surface area (Å²) in [7, 11) is 0. The van der Waals surface area contributed by atoms with Crippen molar-refractivity contribution in [2.75, 3.05) is 0 Å². The molecule has 0 bridgehead atoms. The molecule has 0 saturated carbocycles. The largest absolute Gasteiger partial charge is 0.481 e. The summed E-state index contributed by atoms with van der Waals surface area (Å²) in [6.07, 6.45) is 2.61. The molecule has 6 atom stereocenters. The molecule has 24 heteroatoms. The first-order chi connectivity index (χ1) is 54.6. The van der Waals surface area contributed by atoms with Crippen molar-refractivity contribution in [3.05, 3.63) is 342 Å². The van der Waals surface area contributed by atoms with Gasteiger partial charge >= 0.3 is 17.9 Å². The predicted octanol–water partition coefficient (Wildman–Crippen LogP) is 13.3. The lowest BCUT2D eigenvalue weighted by Crippen LogP contribution is -2.40. The molecule has 5 N–H and O–H groups in total. The highest BCUT2D eigenvalue weighted by Gasteiger charge is 2.28. The van der Waals surface area contributed by atoms with E-state index in [2.05, 4.69) is 128 Å². The molecule has 10 aromatic carbocycles. The van der Waals surface area contributed by atoms with Gasteiger partial charge in [-0.1, -0.05) is 306 Å². The summed E-state index contributed by atoms with van der Waals surface area (Å²) in [4.78, 5) is 77.3. The number of ether oxygens (including phenoxy) is 2. The van der Waals surface area contributed by atoms with Gasteiger partial charge in [-0.25, -0.2) is 4.68 Å². The minimum absolute atomic E-state index is 0.0188. The summed E-state index contributed by atoms with van der Waals surface area (Å²) >= 11 is 0. The lowest BCUT2D eigenvalue weighted by atomic mass is 9.95. The second-order valence-corrected chi connectivity index (χ2v) is 27.3. The summed E-state index contributed by atoms with van der Waals surface area (Å²) in [5.74, 6) is -4.32. The highest BCUT2D eigenvalue weighted by Crippen LogP contribution is 2.26. The van der Waals surface area contributed by atoms with Crippen LogP contribution in [0.1, 0.15) is 111 Å². The Hall–Kier alpha value is -13.8. The van der Waals surface area contributed by atoms with Gasteiger partial charge in [-0.05, 0) is 132 Å². The van der Waals surface area contributed by atoms with Crippen molar-refractivity contribution in [3.63, 3.8) is 0 Å². The second kappa shape index (κ2) is 41.0. The molecule has 0 aliphatic carbocycles. The first-order valence-electron chi connectivity index (χ1n) is 37.0. The molecule has 0 radical (unpaired) electrons. The van der Waals surface area contributed by atoms with Gasteiger partial charge in [0.2, 0.25) is 5.82 Å². The van der Waals surface area contributed by atoms with E-state index in [1.54, 1.807) is 6.92 Å². The molecule has 13 rings (SSSR count). The molecular formula is C88H87N15O9. The van der Waals surface area contributed by atoms with Crippen LogP contribution in [-0.4, -0.2) is 120 Å². The Labute approximate surface area is 649 Å². The lowest BCUT2D eigenvalue weighted by Gasteiger charge is -2.22. The Morgan fingerprint density at radius 3 is 1.11 bits per heavy atom. The van der Waals surface area contributed by atoms with Gasteiger partial charge in [-0.2, -0.15) is 10.0 Å². The molecule has 3 aromatic heterocycles. The molecule has 3 amide bonds. The van der Waals surface area contributed by atoms with Crippen molar-refractivity contribution in [2.24, 2.45) is 17.8 Å². The van der Waals surface area contributed by atoms with E-state index in [0.29, 0.717) is 51.6 Å². The minimum atomic E-state index is -0.904. The van der Waals surface area contributed by atoms with Gasteiger partial charge in [0.25, 0.3) is 29.4 Å². The molecule has 24 nitrogen and oxygen atoms in total. The summed E-state index contributed by atoms with van der Waals surface area (Å²) in [5, 5.41) is 55.1. The van der Waals surface area contributed by atoms with Crippen LogP contribution >= 0.6 is 0 Å². The zero-order chi connectivity index (χ0) is 78.2. The number of esters is 2. The van der Waals surface area contributed by atoms with Crippen LogP contribution in [-0.2, 0) is 69.4 Å². The third-order valence-corrected chi connectivity index (χ3v) is 18.5. The number of hydrogen-bond donors (Lipinski definition) is 5. The van der Waals surface area contributed by atoms with Gasteiger partial charge < -0.3 is 30.5 Å². The topological polar surface area (TPSA) is 319 Å². The zero-order valence-corrected chi connectivity index (χ0v) is 62.3. The summed E-state index contributed by atoms with van der Waals surface area (Å²) in [5.41, 5.74) is 13.6. The number of nitrogens with one attached hydrogen (secondary N) is 4. The van der Waals surface area contributed by atoms with Gasteiger partial charge in [0.05, 0.1) is 30.8 Å². The van der Waals surface area contributed by atoms with Crippen LogP contribution in [0.4, 0.5) is 0 Å². The van der Waals surface area contributed by atoms with Gasteiger partial charge in [0.15, 0.2) is 0 Å². The summed E-state index contributed by atoms with van der Waals surface area (Å²) in [6, 6.07) is 92.3. The molecule has 0 aliphatic rings. The van der Waals surface area contributed by atoms with E-state index >= 15 is 0 Å². The molecule has 0 aliphatic heterocycles. The zero-order valence-electron chi connectivity index (χ0n) is 62.3. The molecule has 112 heavy (non-hydrogen) atoms. The van der Waals surface area contributed by atoms with Crippen LogP contribution in [0.25, 0.3) is 33.4 Å². The number of hydrogen-bond acceptors (Lipinski definition) is 17. The number of aromatic nitrogens is 12. The van der Waals surface area contributed by atoms with Crippen LogP contribution < -0.4 is 16.0 Å². The van der Waals surface area contributed by atoms with E-state index in [9.17, 15) is 33.9 Å². The quantitative estimate of drug-likeness (QED) is 0.0245. The average Bonchev–Trinajstić information content (AvgIpc) is 1.66. The van der Waals surface area contributed by atoms with E-state index in [1.165, 1.54) is 9.48 Å². The van der Waals surface area contributed by atoms with Crippen molar-refractivity contribution in [1.29, 1.82) is 0 Å². The van der Waals surface area contributed by atoms with Crippen LogP contribution in [0.3, 0.4) is 0 Å². The Morgan fingerprint density at radius 1 is 0.375 bits per heavy atom. The SMILES string of the molecule is C[C@H](C[C@@H](Cc1ccc(-c2ccccc2)cc1)NC(=O)c1nn[nH]n1)C(=O)O.C[C@H](C[C@@H](Cc1ccc(-c2ccccc2)cc1)NC(=O)c1nnn(Cc2ccccc2)n1)C(=O)OCc1ccccc1.C[C@H](C[C@@H](Cc1ccc(-c2ccccc2)cc1)NC(=O)c1nnnn1Cc1ccccc1)C(=O)OCc1ccccc1. The summed E-state index contributed by atoms with van der Waals surface area (Å²) in [6.45, 7) is 6.44. The standard InChI is InChI=1S/2C34H33N5O3.C20H21N5O3/c1-25(34(41)42-24-28-13-7-3-8-14-28)21-31(22-26-17-19-30(20-18-26)29-15-9-4-10-16-29)35-33(40)32-36-37-38-39(32)23-27-11-5-2-6-12-27;1-25(34(41)42-24-28-13-7-3-8-14-28)21-31(22-26-17-19-30(20-18-26)29-15-9-4-10-16-29)35-33(40)32-36-38-39(37-32)23-27-11-5-2-6-12-27;1-13(20(27)28)11-17(21-19(26)18-22-24-25-23-18)12-14-7-9-16(10-8-14)15-5-3-2-4-6-15/h2*2-20,25,31H,21-24H2,1H3,(H,35,40);2-10,13,17H,11-12H2,1H3,(H,21,26)(H,27,28)(H,22,23,24,25)/t2*25-,31+;13-,17+/m111/s1. The van der Waals surface area contributed by atoms with Crippen LogP contribution in [0.2, 0.25) is 0 Å². The molecule has 568 valence electrons. The number of carbonyl (C=O) groups is 6. The maximum absolute atomic E-state index is 13.4. The third-order valence-electron chi connectivity index (χ3n) is 18.5. The van der Waals surface area contributed by atoms with Gasteiger partial charge in [0, 0.05) is 18.1 Å². The minimum Gasteiger partial charge on any atom is -0.481 e. The van der Waals surface area contributed by atoms with E-state index in [-0.39, 0.29) is 60.8 Å². The van der Waals surface area contributed by atoms with Crippen molar-refractivity contribution >= 4 is 35.6 Å². The van der Waals surface area contributed by atoms with Crippen molar-refractivity contribution in [2.45, 2.75) is 104 Å². The smallest absolute Gasteiger partial charge is 0.309 e. The summed E-state index contributed by atoms with van der Waals surface area (Å²) < 4.78 is 12.6. The van der Waals surface area contributed by atoms with Gasteiger partial charge in [0.1, 0.15) is 13.2 Å². The van der Waals surface area contributed by atoms with E-state index in [4.69, 9.17) is 9.47 Å². The van der Waals surface area contributed by atoms with Crippen molar-refractivity contribution in [3.8, 4) is 33.4 Å². The average molecular weight is 1500 g/mol. The first-order valence-corrected chi connectivity index (χ1v) is 37.0. The van der Waals surface area contributed by atoms with E-state index in [0.717, 1.165) is 72.3 Å². The Kier molecular flexibility index (Phi) is 29.0. The van der Waals surface area contributed by atoms with Crippen LogP contribution in [0.5, 0.6) is 0 Å². The maximum atomic E-state index is 13.4. The Bertz CT molecular complexity index is 5050. The molecule has 13 aromatic rings. The molecular weight excluding hydrogens is 1410 g/mol. The number of carboxylic acids is 1. The van der Waals surface area contributed by atoms with Gasteiger partial charge in [-0.3, -0.25) is 28.8 Å². The number of carbonyl (C=O) groups excluding carboxylic acids is 5. The molecule has 0 fully saturated rings. The van der Waals surface area contributed by atoms with E-state index < -0.39 is 41.4 Å². The molecule has 3 heterocycles. The highest BCUT2D eigenvalue weighted by molar-refractivity contribution is 5.91. The van der Waals surface area contributed by atoms with Crippen LogP contribution in [0, 0.1) is 17.8 Å². The Balaban J connectivity index is 0.000000170. The number of tetrazole rings is 3. The molecule has 0 spiro atoms. The second-order valence-electron chi connectivity index (χ2n) is 27.3. The number of aliphatic carboxylic acids is 1. The number of aromatic amines is 1. The fourth-order valence-corrected chi connectivity index (χ4v) is 12.5. The Morgan fingerprint density at radius 2 is 0.723 bits per heavy atom. The number of carboxylic acid groups (broad SMARTS) is 1. The predicted molar refractivity (Wildman–Crippen MR) is 423 cm³/mol. The van der Waals surface area contributed by atoms with Crippen molar-refractivity contribution < 1.29 is 43.3 Å². The van der Waals surface area contributed by atoms with Crippen LogP contribution in [0.15, 0.2) is 285 Å². The molecule has 0 saturated heterocycles. The molecule has 0 unspecified atom stereocenters. The first kappa shape index (κ1) is 79.3. The number of benzene rings is 10. The van der Waals surface area contributed by atoms with Gasteiger partial charge in [-0.15, -0.1) is 25.5 Å². The fraction of sp³-hybridized carbons (Fsp3) is 0.216. The normalized spacial score (nSPS) is 12.5. The number of nitrogens with zero attached hydrogens (tertiary/aromatic N) is 11. The number of H-pyrrole nitrogens is 1. The highest BCUT2D eigenvalue weighted by atomic mass is 16.5. The maximum Gasteiger partial charge on any atom is 0.309 e. The number of rotatable bonds is 32. The fourth-order valence-electron chi connectivity index (χ4n) is 12.5. The monoisotopic (exact) mass is 1500 g/mol.